The minimum Gasteiger partial charge on any atom is -0.468 e. The molecule has 4 nitrogen and oxygen atoms in total. The smallest absolute Gasteiger partial charge is 0.325 e. The number of halogens is 3. The van der Waals surface area contributed by atoms with Crippen molar-refractivity contribution in [1.29, 1.82) is 0 Å². The normalized spacial score (nSPS) is 11.8. The van der Waals surface area contributed by atoms with E-state index in [4.69, 9.17) is 11.6 Å². The van der Waals surface area contributed by atoms with E-state index in [0.29, 0.717) is 10.0 Å². The lowest BCUT2D eigenvalue weighted by Gasteiger charge is -2.10. The predicted octanol–water partition coefficient (Wildman–Crippen LogP) is 2.72. The van der Waals surface area contributed by atoms with Gasteiger partial charge in [0.2, 0.25) is 0 Å². The van der Waals surface area contributed by atoms with Crippen LogP contribution in [0, 0.1) is 0 Å². The first-order chi connectivity index (χ1) is 8.45. The van der Waals surface area contributed by atoms with E-state index >= 15 is 0 Å². The van der Waals surface area contributed by atoms with E-state index in [0.717, 1.165) is 4.47 Å². The molecular formula is C11H10Br2ClNO3. The Morgan fingerprint density at radius 3 is 2.67 bits per heavy atom. The molecule has 1 amide bonds. The van der Waals surface area contributed by atoms with Gasteiger partial charge in [0.15, 0.2) is 0 Å². The maximum absolute atomic E-state index is 11.8. The summed E-state index contributed by atoms with van der Waals surface area (Å²) in [5, 5.41) is 1.66. The summed E-state index contributed by atoms with van der Waals surface area (Å²) in [6.45, 7) is 0.00949. The first kappa shape index (κ1) is 15.5. The van der Waals surface area contributed by atoms with Crippen LogP contribution in [0.3, 0.4) is 0 Å². The van der Waals surface area contributed by atoms with E-state index in [2.05, 4.69) is 41.9 Å². The molecule has 0 aliphatic rings. The van der Waals surface area contributed by atoms with Gasteiger partial charge in [-0.05, 0) is 34.1 Å². The zero-order valence-corrected chi connectivity index (χ0v) is 13.3. The Morgan fingerprint density at radius 2 is 2.11 bits per heavy atom. The van der Waals surface area contributed by atoms with E-state index < -0.39 is 11.3 Å². The zero-order chi connectivity index (χ0) is 13.7. The van der Waals surface area contributed by atoms with Crippen LogP contribution in [0.4, 0.5) is 0 Å². The number of nitrogens with one attached hydrogen (secondary N) is 1. The van der Waals surface area contributed by atoms with E-state index in [9.17, 15) is 9.59 Å². The number of hydrogen-bond donors (Lipinski definition) is 1. The number of rotatable bonds is 4. The molecule has 1 unspecified atom stereocenters. The summed E-state index contributed by atoms with van der Waals surface area (Å²) in [6.07, 6.45) is 0. The van der Waals surface area contributed by atoms with Crippen LogP contribution in [0.2, 0.25) is 0 Å². The minimum atomic E-state index is -0.895. The summed E-state index contributed by atoms with van der Waals surface area (Å²) in [7, 11) is 1.24. The number of methoxy groups -OCH3 is 1. The molecule has 0 bridgehead atoms. The molecule has 1 atom stereocenters. The fourth-order valence-electron chi connectivity index (χ4n) is 1.16. The van der Waals surface area contributed by atoms with Gasteiger partial charge in [-0.1, -0.05) is 15.9 Å². The summed E-state index contributed by atoms with van der Waals surface area (Å²) in [6, 6.07) is 5.16. The number of hydrogen-bond acceptors (Lipinski definition) is 3. The topological polar surface area (TPSA) is 55.4 Å². The molecule has 0 heterocycles. The Morgan fingerprint density at radius 1 is 1.44 bits per heavy atom. The van der Waals surface area contributed by atoms with Crippen LogP contribution in [0.25, 0.3) is 0 Å². The summed E-state index contributed by atoms with van der Waals surface area (Å²) < 4.78 is 5.96. The second-order valence-electron chi connectivity index (χ2n) is 3.32. The fraction of sp³-hybridized carbons (Fsp3) is 0.273. The zero-order valence-electron chi connectivity index (χ0n) is 9.38. The lowest BCUT2D eigenvalue weighted by molar-refractivity contribution is -0.140. The summed E-state index contributed by atoms with van der Waals surface area (Å²) in [5.74, 6) is -0.893. The Labute approximate surface area is 126 Å². The highest BCUT2D eigenvalue weighted by atomic mass is 79.9. The molecule has 1 aromatic carbocycles. The average Bonchev–Trinajstić information content (AvgIpc) is 2.34. The van der Waals surface area contributed by atoms with Crippen molar-refractivity contribution in [2.24, 2.45) is 0 Å². The standard InChI is InChI=1S/C11H10Br2ClNO3/c1-18-11(17)9(14)5-15-10(16)7-3-2-6(12)4-8(7)13/h2-4,9H,5H2,1H3,(H,15,16). The number of amides is 1. The van der Waals surface area contributed by atoms with Gasteiger partial charge in [-0.2, -0.15) is 0 Å². The van der Waals surface area contributed by atoms with Crippen LogP contribution >= 0.6 is 43.5 Å². The third kappa shape index (κ3) is 4.26. The molecule has 0 aliphatic heterocycles. The highest BCUT2D eigenvalue weighted by Crippen LogP contribution is 2.21. The molecule has 1 N–H and O–H groups in total. The molecule has 1 aromatic rings. The summed E-state index contributed by atoms with van der Waals surface area (Å²) >= 11 is 12.3. The van der Waals surface area contributed by atoms with Crippen molar-refractivity contribution in [3.8, 4) is 0 Å². The van der Waals surface area contributed by atoms with Crippen LogP contribution < -0.4 is 5.32 Å². The molecular weight excluding hydrogens is 389 g/mol. The largest absolute Gasteiger partial charge is 0.468 e. The van der Waals surface area contributed by atoms with Crippen LogP contribution in [-0.2, 0) is 9.53 Å². The molecule has 0 radical (unpaired) electrons. The van der Waals surface area contributed by atoms with Gasteiger partial charge in [0.05, 0.1) is 12.7 Å². The van der Waals surface area contributed by atoms with E-state index in [1.807, 2.05) is 0 Å². The number of benzene rings is 1. The predicted molar refractivity (Wildman–Crippen MR) is 75.8 cm³/mol. The lowest BCUT2D eigenvalue weighted by atomic mass is 10.2. The quantitative estimate of drug-likeness (QED) is 0.626. The average molecular weight is 399 g/mol. The van der Waals surface area contributed by atoms with Crippen molar-refractivity contribution in [2.75, 3.05) is 13.7 Å². The van der Waals surface area contributed by atoms with Gasteiger partial charge in [-0.25, -0.2) is 0 Å². The van der Waals surface area contributed by atoms with Gasteiger partial charge in [0, 0.05) is 15.5 Å². The minimum absolute atomic E-state index is 0.00949. The van der Waals surface area contributed by atoms with Crippen LogP contribution in [-0.4, -0.2) is 30.9 Å². The SMILES string of the molecule is COC(=O)C(Cl)CNC(=O)c1ccc(Br)cc1Br. The van der Waals surface area contributed by atoms with E-state index in [1.54, 1.807) is 18.2 Å². The second kappa shape index (κ2) is 7.11. The Bertz CT molecular complexity index is 468. The first-order valence-electron chi connectivity index (χ1n) is 4.91. The van der Waals surface area contributed by atoms with Gasteiger partial charge < -0.3 is 10.1 Å². The number of carbonyl (C=O) groups excluding carboxylic acids is 2. The molecule has 7 heteroatoms. The molecule has 0 aromatic heterocycles. The van der Waals surface area contributed by atoms with Crippen molar-refractivity contribution < 1.29 is 14.3 Å². The van der Waals surface area contributed by atoms with Crippen LogP contribution in [0.5, 0.6) is 0 Å². The van der Waals surface area contributed by atoms with Crippen molar-refractivity contribution in [3.05, 3.63) is 32.7 Å². The van der Waals surface area contributed by atoms with Crippen molar-refractivity contribution in [1.82, 2.24) is 5.32 Å². The highest BCUT2D eigenvalue weighted by molar-refractivity contribution is 9.11. The molecule has 0 aliphatic carbocycles. The Hall–Kier alpha value is -0.590. The molecule has 0 fully saturated rings. The third-order valence-electron chi connectivity index (χ3n) is 2.07. The molecule has 0 saturated heterocycles. The van der Waals surface area contributed by atoms with E-state index in [-0.39, 0.29) is 12.5 Å². The summed E-state index contributed by atoms with van der Waals surface area (Å²) in [4.78, 5) is 22.9. The van der Waals surface area contributed by atoms with Crippen LogP contribution in [0.1, 0.15) is 10.4 Å². The molecule has 0 saturated carbocycles. The second-order valence-corrected chi connectivity index (χ2v) is 5.62. The molecule has 0 spiro atoms. The molecule has 98 valence electrons. The first-order valence-corrected chi connectivity index (χ1v) is 6.93. The highest BCUT2D eigenvalue weighted by Gasteiger charge is 2.18. The van der Waals surface area contributed by atoms with Crippen molar-refractivity contribution in [2.45, 2.75) is 5.38 Å². The fourth-order valence-corrected chi connectivity index (χ4v) is 2.56. The maximum Gasteiger partial charge on any atom is 0.325 e. The monoisotopic (exact) mass is 397 g/mol. The van der Waals surface area contributed by atoms with Gasteiger partial charge >= 0.3 is 5.97 Å². The Balaban J connectivity index is 2.63. The molecule has 18 heavy (non-hydrogen) atoms. The number of alkyl halides is 1. The summed E-state index contributed by atoms with van der Waals surface area (Å²) in [5.41, 5.74) is 0.465. The van der Waals surface area contributed by atoms with Gasteiger partial charge in [0.25, 0.3) is 5.91 Å². The van der Waals surface area contributed by atoms with E-state index in [1.165, 1.54) is 7.11 Å². The Kier molecular flexibility index (Phi) is 6.11. The van der Waals surface area contributed by atoms with Crippen molar-refractivity contribution in [3.63, 3.8) is 0 Å². The van der Waals surface area contributed by atoms with Gasteiger partial charge in [0.1, 0.15) is 5.38 Å². The number of ether oxygens (including phenoxy) is 1. The van der Waals surface area contributed by atoms with Gasteiger partial charge in [-0.3, -0.25) is 9.59 Å². The lowest BCUT2D eigenvalue weighted by Crippen LogP contribution is -2.34. The number of carbonyl (C=O) groups is 2. The van der Waals surface area contributed by atoms with Crippen molar-refractivity contribution >= 4 is 55.3 Å². The van der Waals surface area contributed by atoms with Crippen LogP contribution in [0.15, 0.2) is 27.1 Å². The maximum atomic E-state index is 11.8. The molecule has 1 rings (SSSR count). The van der Waals surface area contributed by atoms with Gasteiger partial charge in [-0.15, -0.1) is 11.6 Å². The third-order valence-corrected chi connectivity index (χ3v) is 3.56. The number of esters is 1.